The van der Waals surface area contributed by atoms with Crippen LogP contribution in [0.5, 0.6) is 0 Å². The molecular weight excluding hydrogens is 125 g/mol. The van der Waals surface area contributed by atoms with E-state index < -0.39 is 5.98 Å². The van der Waals surface area contributed by atoms with Gasteiger partial charge in [-0.15, -0.1) is 5.06 Å². The molecule has 0 saturated carbocycles. The van der Waals surface area contributed by atoms with E-state index in [-0.39, 0.29) is 13.0 Å². The van der Waals surface area contributed by atoms with Crippen molar-refractivity contribution in [2.24, 2.45) is 0 Å². The van der Waals surface area contributed by atoms with E-state index in [2.05, 4.69) is 0 Å². The van der Waals surface area contributed by atoms with E-state index in [9.17, 15) is 4.39 Å². The molecule has 0 aromatic heterocycles. The molecule has 0 bridgehead atoms. The van der Waals surface area contributed by atoms with Crippen LogP contribution in [0.3, 0.4) is 0 Å². The van der Waals surface area contributed by atoms with Crippen LogP contribution in [0, 0.1) is 0 Å². The molecule has 1 aliphatic heterocycles. The Morgan fingerprint density at radius 3 is 2.44 bits per heavy atom. The van der Waals surface area contributed by atoms with E-state index in [1.54, 1.807) is 0 Å². The van der Waals surface area contributed by atoms with Crippen LogP contribution in [0.4, 0.5) is 4.39 Å². The SMILES string of the molecule is ON1CCCCC1(O)F. The highest BCUT2D eigenvalue weighted by Crippen LogP contribution is 2.24. The molecule has 1 saturated heterocycles. The van der Waals surface area contributed by atoms with Crippen molar-refractivity contribution < 1.29 is 14.7 Å². The lowest BCUT2D eigenvalue weighted by Crippen LogP contribution is -2.46. The Morgan fingerprint density at radius 2 is 2.11 bits per heavy atom. The lowest BCUT2D eigenvalue weighted by Gasteiger charge is -2.31. The first kappa shape index (κ1) is 6.92. The third kappa shape index (κ3) is 1.38. The summed E-state index contributed by atoms with van der Waals surface area (Å²) in [5.74, 6) is -2.47. The van der Waals surface area contributed by atoms with E-state index >= 15 is 0 Å². The fourth-order valence-corrected chi connectivity index (χ4v) is 0.912. The average Bonchev–Trinajstić information content (AvgIpc) is 1.77. The molecule has 0 spiro atoms. The number of hydrogen-bond donors (Lipinski definition) is 2. The predicted molar refractivity (Wildman–Crippen MR) is 28.4 cm³/mol. The molecule has 1 rings (SSSR count). The van der Waals surface area contributed by atoms with E-state index in [1.807, 2.05) is 0 Å². The summed E-state index contributed by atoms with van der Waals surface area (Å²) in [6.07, 6.45) is 1.37. The van der Waals surface area contributed by atoms with Gasteiger partial charge in [0, 0.05) is 13.0 Å². The first-order chi connectivity index (χ1) is 4.13. The number of hydrogen-bond acceptors (Lipinski definition) is 3. The normalized spacial score (nSPS) is 39.0. The molecule has 0 aromatic carbocycles. The van der Waals surface area contributed by atoms with Crippen LogP contribution < -0.4 is 0 Å². The second-order valence-electron chi connectivity index (χ2n) is 2.30. The third-order valence-electron chi connectivity index (χ3n) is 1.51. The van der Waals surface area contributed by atoms with Crippen molar-refractivity contribution in [1.29, 1.82) is 0 Å². The first-order valence-electron chi connectivity index (χ1n) is 3.01. The van der Waals surface area contributed by atoms with Gasteiger partial charge in [0.1, 0.15) is 0 Å². The highest BCUT2D eigenvalue weighted by Gasteiger charge is 2.35. The highest BCUT2D eigenvalue weighted by molar-refractivity contribution is 4.67. The fraction of sp³-hybridized carbons (Fsp3) is 1.00. The largest absolute Gasteiger partial charge is 0.348 e. The quantitative estimate of drug-likeness (QED) is 0.475. The van der Waals surface area contributed by atoms with Crippen LogP contribution in [0.1, 0.15) is 19.3 Å². The average molecular weight is 135 g/mol. The molecule has 4 heteroatoms. The van der Waals surface area contributed by atoms with Crippen molar-refractivity contribution in [3.63, 3.8) is 0 Å². The minimum absolute atomic E-state index is 0.00347. The Kier molecular flexibility index (Phi) is 1.70. The molecule has 1 aliphatic rings. The zero-order valence-corrected chi connectivity index (χ0v) is 5.05. The molecule has 54 valence electrons. The van der Waals surface area contributed by atoms with Gasteiger partial charge < -0.3 is 10.3 Å². The Balaban J connectivity index is 2.49. The molecular formula is C5H10FNO2. The van der Waals surface area contributed by atoms with Crippen LogP contribution >= 0.6 is 0 Å². The van der Waals surface area contributed by atoms with Crippen LogP contribution in [0.25, 0.3) is 0 Å². The second-order valence-corrected chi connectivity index (χ2v) is 2.30. The van der Waals surface area contributed by atoms with Gasteiger partial charge >= 0.3 is 0 Å². The zero-order chi connectivity index (χ0) is 6.91. The number of piperidine rings is 1. The van der Waals surface area contributed by atoms with Gasteiger partial charge in [0.05, 0.1) is 0 Å². The molecule has 0 amide bonds. The number of aliphatic hydroxyl groups is 1. The van der Waals surface area contributed by atoms with Crippen LogP contribution in [-0.4, -0.2) is 27.9 Å². The molecule has 0 aromatic rings. The summed E-state index contributed by atoms with van der Waals surface area (Å²) in [6, 6.07) is 0. The Hall–Kier alpha value is -0.190. The van der Waals surface area contributed by atoms with Crippen molar-refractivity contribution in [3.8, 4) is 0 Å². The summed E-state index contributed by atoms with van der Waals surface area (Å²) in [6.45, 7) is 0.215. The topological polar surface area (TPSA) is 43.7 Å². The number of nitrogens with zero attached hydrogens (tertiary/aromatic N) is 1. The summed E-state index contributed by atoms with van der Waals surface area (Å²) >= 11 is 0. The van der Waals surface area contributed by atoms with E-state index in [4.69, 9.17) is 10.3 Å². The summed E-state index contributed by atoms with van der Waals surface area (Å²) in [7, 11) is 0. The standard InChI is InChI=1S/C5H10FNO2/c6-5(8)3-1-2-4-7(5)9/h8-9H,1-4H2. The summed E-state index contributed by atoms with van der Waals surface area (Å²) in [4.78, 5) is 0. The molecule has 9 heavy (non-hydrogen) atoms. The summed E-state index contributed by atoms with van der Waals surface area (Å²) < 4.78 is 12.5. The number of alkyl halides is 1. The number of halogens is 1. The molecule has 1 unspecified atom stereocenters. The molecule has 0 aliphatic carbocycles. The van der Waals surface area contributed by atoms with Gasteiger partial charge in [0.25, 0.3) is 5.98 Å². The summed E-state index contributed by atoms with van der Waals surface area (Å²) in [5.41, 5.74) is 0. The predicted octanol–water partition coefficient (Wildman–Crippen LogP) is 0.477. The maximum atomic E-state index is 12.5. The molecule has 1 heterocycles. The number of rotatable bonds is 0. The minimum atomic E-state index is -2.47. The van der Waals surface area contributed by atoms with Gasteiger partial charge in [-0.1, -0.05) is 0 Å². The zero-order valence-electron chi connectivity index (χ0n) is 5.05. The number of hydroxylamine groups is 2. The Labute approximate surface area is 52.7 Å². The molecule has 2 N–H and O–H groups in total. The Morgan fingerprint density at radius 1 is 1.44 bits per heavy atom. The lowest BCUT2D eigenvalue weighted by molar-refractivity contribution is -0.337. The van der Waals surface area contributed by atoms with Gasteiger partial charge in [-0.3, -0.25) is 0 Å². The van der Waals surface area contributed by atoms with E-state index in [1.165, 1.54) is 0 Å². The van der Waals surface area contributed by atoms with Crippen molar-refractivity contribution in [3.05, 3.63) is 0 Å². The van der Waals surface area contributed by atoms with Gasteiger partial charge in [-0.25, -0.2) is 0 Å². The highest BCUT2D eigenvalue weighted by atomic mass is 19.2. The lowest BCUT2D eigenvalue weighted by atomic mass is 10.1. The monoisotopic (exact) mass is 135 g/mol. The van der Waals surface area contributed by atoms with Crippen LogP contribution in [0.2, 0.25) is 0 Å². The smallest absolute Gasteiger partial charge is 0.287 e. The van der Waals surface area contributed by atoms with Crippen LogP contribution in [-0.2, 0) is 0 Å². The minimum Gasteiger partial charge on any atom is -0.348 e. The molecule has 3 nitrogen and oxygen atoms in total. The van der Waals surface area contributed by atoms with Gasteiger partial charge in [0.2, 0.25) is 0 Å². The Bertz CT molecular complexity index is 107. The van der Waals surface area contributed by atoms with Crippen molar-refractivity contribution in [1.82, 2.24) is 5.06 Å². The van der Waals surface area contributed by atoms with Crippen molar-refractivity contribution in [2.75, 3.05) is 6.54 Å². The molecule has 0 radical (unpaired) electrons. The second kappa shape index (κ2) is 2.21. The van der Waals surface area contributed by atoms with E-state index in [0.717, 1.165) is 6.42 Å². The van der Waals surface area contributed by atoms with E-state index in [0.29, 0.717) is 11.5 Å². The van der Waals surface area contributed by atoms with Crippen molar-refractivity contribution in [2.45, 2.75) is 25.2 Å². The third-order valence-corrected chi connectivity index (χ3v) is 1.51. The van der Waals surface area contributed by atoms with Crippen molar-refractivity contribution >= 4 is 0 Å². The fourth-order valence-electron chi connectivity index (χ4n) is 0.912. The molecule has 1 atom stereocenters. The van der Waals surface area contributed by atoms with Gasteiger partial charge in [0.15, 0.2) is 0 Å². The molecule has 1 fully saturated rings. The van der Waals surface area contributed by atoms with Gasteiger partial charge in [-0.05, 0) is 12.8 Å². The van der Waals surface area contributed by atoms with Gasteiger partial charge in [-0.2, -0.15) is 4.39 Å². The summed E-state index contributed by atoms with van der Waals surface area (Å²) in [5, 5.41) is 17.6. The first-order valence-corrected chi connectivity index (χ1v) is 3.01. The maximum absolute atomic E-state index is 12.5. The maximum Gasteiger partial charge on any atom is 0.287 e. The van der Waals surface area contributed by atoms with Crippen LogP contribution in [0.15, 0.2) is 0 Å².